The lowest BCUT2D eigenvalue weighted by Gasteiger charge is -1.91. The van der Waals surface area contributed by atoms with Gasteiger partial charge < -0.3 is 5.73 Å². The maximum absolute atomic E-state index is 7.10. The van der Waals surface area contributed by atoms with Crippen molar-refractivity contribution in [3.05, 3.63) is 23.9 Å². The van der Waals surface area contributed by atoms with Crippen molar-refractivity contribution in [2.45, 2.75) is 0 Å². The Morgan fingerprint density at radius 1 is 1.73 bits per heavy atom. The lowest BCUT2D eigenvalue weighted by atomic mass is 10.2. The molecule has 0 aliphatic heterocycles. The quantitative estimate of drug-likeness (QED) is 0.458. The van der Waals surface area contributed by atoms with E-state index in [1.54, 1.807) is 18.3 Å². The van der Waals surface area contributed by atoms with Crippen LogP contribution in [0.3, 0.4) is 0 Å². The molecule has 4 heteroatoms. The van der Waals surface area contributed by atoms with Gasteiger partial charge in [0.15, 0.2) is 0 Å². The largest absolute Gasteiger partial charge is 0.384 e. The Kier molecular flexibility index (Phi) is 1.96. The van der Waals surface area contributed by atoms with Crippen LogP contribution in [0.2, 0.25) is 0 Å². The molecular formula is C7H8N4+. The van der Waals surface area contributed by atoms with Crippen molar-refractivity contribution in [3.63, 3.8) is 0 Å². The molecule has 0 saturated heterocycles. The highest BCUT2D eigenvalue weighted by molar-refractivity contribution is 5.95. The molecule has 0 bridgehead atoms. The first-order valence-corrected chi connectivity index (χ1v) is 3.01. The highest BCUT2D eigenvalue weighted by atomic mass is 14.9. The van der Waals surface area contributed by atoms with Gasteiger partial charge in [0.25, 0.3) is 0 Å². The number of aromatic nitrogens is 1. The van der Waals surface area contributed by atoms with Gasteiger partial charge >= 0.3 is 5.82 Å². The van der Waals surface area contributed by atoms with E-state index in [9.17, 15) is 0 Å². The molecular weight excluding hydrogens is 140 g/mol. The van der Waals surface area contributed by atoms with Gasteiger partial charge in [-0.2, -0.15) is 0 Å². The molecule has 1 aromatic rings. The zero-order valence-electron chi connectivity index (χ0n) is 5.91. The molecule has 0 amide bonds. The van der Waals surface area contributed by atoms with E-state index < -0.39 is 0 Å². The predicted molar refractivity (Wildman–Crippen MR) is 44.2 cm³/mol. The summed E-state index contributed by atoms with van der Waals surface area (Å²) in [6.07, 6.45) is 1.54. The third-order valence-electron chi connectivity index (χ3n) is 1.22. The summed E-state index contributed by atoms with van der Waals surface area (Å²) >= 11 is 0. The smallest absolute Gasteiger partial charge is 0.363 e. The number of nitrogens with zero attached hydrogens (tertiary/aromatic N) is 2. The Bertz CT molecular complexity index is 292. The Morgan fingerprint density at radius 3 is 3.00 bits per heavy atom. The molecule has 0 atom stereocenters. The van der Waals surface area contributed by atoms with E-state index in [4.69, 9.17) is 11.1 Å². The zero-order valence-corrected chi connectivity index (χ0v) is 5.91. The van der Waals surface area contributed by atoms with Crippen LogP contribution in [-0.2, 0) is 0 Å². The summed E-state index contributed by atoms with van der Waals surface area (Å²) in [5.41, 5.74) is 5.84. The van der Waals surface area contributed by atoms with Crippen molar-refractivity contribution in [2.75, 3.05) is 0 Å². The predicted octanol–water partition coefficient (Wildman–Crippen LogP) is 0.0336. The molecule has 3 N–H and O–H groups in total. The Balaban J connectivity index is 3.10. The number of nitrogens with two attached hydrogens (primary N) is 1. The maximum Gasteiger partial charge on any atom is 0.363 e. The minimum atomic E-state index is 0.0114. The highest BCUT2D eigenvalue weighted by Crippen LogP contribution is 2.02. The maximum atomic E-state index is 7.10. The minimum absolute atomic E-state index is 0.0114. The molecule has 0 spiro atoms. The number of amidine groups is 1. The van der Waals surface area contributed by atoms with E-state index in [-0.39, 0.29) is 5.84 Å². The number of pyridine rings is 1. The number of hydrogen-bond donors (Lipinski definition) is 2. The van der Waals surface area contributed by atoms with E-state index in [0.717, 1.165) is 0 Å². The summed E-state index contributed by atoms with van der Waals surface area (Å²) < 4.78 is 0. The molecule has 0 saturated carbocycles. The standard InChI is InChI=1S/C7H8N4/c1-10-6-4-5(7(8)9)2-3-11-6/h2-4H,1H2,(H3,8,9)/q+1. The van der Waals surface area contributed by atoms with Crippen molar-refractivity contribution in [1.82, 2.24) is 9.98 Å². The molecule has 4 nitrogen and oxygen atoms in total. The van der Waals surface area contributed by atoms with Crippen LogP contribution < -0.4 is 10.7 Å². The van der Waals surface area contributed by atoms with Crippen LogP contribution in [0.15, 0.2) is 18.3 Å². The SMILES string of the molecule is C=[N+]c1cc(C(=N)N)ccn1. The molecule has 1 heterocycles. The van der Waals surface area contributed by atoms with Gasteiger partial charge in [-0.15, -0.1) is 0 Å². The summed E-state index contributed by atoms with van der Waals surface area (Å²) in [6, 6.07) is 3.26. The first kappa shape index (κ1) is 7.40. The van der Waals surface area contributed by atoms with Gasteiger partial charge in [0.2, 0.25) is 0 Å². The molecule has 1 rings (SSSR count). The summed E-state index contributed by atoms with van der Waals surface area (Å²) in [6.45, 7) is 3.31. The van der Waals surface area contributed by atoms with Gasteiger partial charge in [0.1, 0.15) is 18.7 Å². The van der Waals surface area contributed by atoms with Crippen LogP contribution >= 0.6 is 0 Å². The topological polar surface area (TPSA) is 76.9 Å². The average molecular weight is 148 g/mol. The lowest BCUT2D eigenvalue weighted by Crippen LogP contribution is -2.10. The minimum Gasteiger partial charge on any atom is -0.384 e. The summed E-state index contributed by atoms with van der Waals surface area (Å²) in [4.78, 5) is 7.46. The van der Waals surface area contributed by atoms with Gasteiger partial charge in [-0.05, 0) is 11.1 Å². The van der Waals surface area contributed by atoms with Crippen LogP contribution in [0.4, 0.5) is 5.82 Å². The molecule has 0 aromatic carbocycles. The summed E-state index contributed by atoms with van der Waals surface area (Å²) in [5.74, 6) is 0.495. The monoisotopic (exact) mass is 148 g/mol. The van der Waals surface area contributed by atoms with Crippen LogP contribution in [-0.4, -0.2) is 17.5 Å². The van der Waals surface area contributed by atoms with E-state index >= 15 is 0 Å². The molecule has 1 aromatic heterocycles. The van der Waals surface area contributed by atoms with Crippen LogP contribution in [0, 0.1) is 5.41 Å². The average Bonchev–Trinajstić information content (AvgIpc) is 2.05. The normalized spacial score (nSPS) is 9.09. The number of nitrogens with one attached hydrogen (secondary N) is 1. The molecule has 0 aliphatic carbocycles. The second-order valence-corrected chi connectivity index (χ2v) is 1.97. The number of aliphatic imine (C=N–C) groups is 1. The fraction of sp³-hybridized carbons (Fsp3) is 0. The highest BCUT2D eigenvalue weighted by Gasteiger charge is 2.04. The Morgan fingerprint density at radius 2 is 2.45 bits per heavy atom. The number of rotatable bonds is 2. The first-order valence-electron chi connectivity index (χ1n) is 3.01. The third-order valence-corrected chi connectivity index (χ3v) is 1.22. The van der Waals surface area contributed by atoms with Gasteiger partial charge in [-0.1, -0.05) is 4.99 Å². The Hall–Kier alpha value is -1.71. The lowest BCUT2D eigenvalue weighted by molar-refractivity contribution is 1.21. The molecule has 0 aliphatic rings. The van der Waals surface area contributed by atoms with Crippen LogP contribution in [0.5, 0.6) is 0 Å². The number of hydrogen-bond acceptors (Lipinski definition) is 3. The van der Waals surface area contributed by atoms with Crippen molar-refractivity contribution in [3.8, 4) is 0 Å². The summed E-state index contributed by atoms with van der Waals surface area (Å²) in [7, 11) is 0. The second-order valence-electron chi connectivity index (χ2n) is 1.97. The van der Waals surface area contributed by atoms with Gasteiger partial charge in [-0.25, -0.2) is 0 Å². The van der Waals surface area contributed by atoms with E-state index in [2.05, 4.69) is 16.7 Å². The van der Waals surface area contributed by atoms with Gasteiger partial charge in [0, 0.05) is 11.6 Å². The number of nitrogen functional groups attached to an aromatic ring is 1. The summed E-state index contributed by atoms with van der Waals surface area (Å²) in [5, 5.41) is 7.10. The first-order chi connectivity index (χ1) is 5.24. The van der Waals surface area contributed by atoms with Crippen molar-refractivity contribution in [2.24, 2.45) is 5.73 Å². The second kappa shape index (κ2) is 2.92. The van der Waals surface area contributed by atoms with Gasteiger partial charge in [-0.3, -0.25) is 5.41 Å². The van der Waals surface area contributed by atoms with Crippen molar-refractivity contribution < 1.29 is 0 Å². The van der Waals surface area contributed by atoms with Crippen molar-refractivity contribution in [1.29, 1.82) is 5.41 Å². The fourth-order valence-electron chi connectivity index (χ4n) is 0.672. The molecule has 0 fully saturated rings. The fourth-order valence-corrected chi connectivity index (χ4v) is 0.672. The third kappa shape index (κ3) is 1.61. The van der Waals surface area contributed by atoms with E-state index in [1.807, 2.05) is 0 Å². The zero-order chi connectivity index (χ0) is 8.27. The van der Waals surface area contributed by atoms with E-state index in [0.29, 0.717) is 11.4 Å². The van der Waals surface area contributed by atoms with Crippen LogP contribution in [0.1, 0.15) is 5.56 Å². The molecule has 11 heavy (non-hydrogen) atoms. The van der Waals surface area contributed by atoms with Crippen LogP contribution in [0.25, 0.3) is 0 Å². The molecule has 1 radical (unpaired) electrons. The molecule has 0 unspecified atom stereocenters. The van der Waals surface area contributed by atoms with E-state index in [1.165, 1.54) is 0 Å². The van der Waals surface area contributed by atoms with Crippen molar-refractivity contribution >= 4 is 18.4 Å². The van der Waals surface area contributed by atoms with Gasteiger partial charge in [0.05, 0.1) is 0 Å². The molecule has 55 valence electrons. The Labute approximate surface area is 64.3 Å².